The van der Waals surface area contributed by atoms with Crippen LogP contribution in [0.15, 0.2) is 0 Å². The lowest BCUT2D eigenvalue weighted by Gasteiger charge is -2.26. The molecule has 0 aliphatic heterocycles. The zero-order valence-corrected chi connectivity index (χ0v) is 10.6. The molecule has 0 unspecified atom stereocenters. The van der Waals surface area contributed by atoms with E-state index in [0.717, 1.165) is 12.8 Å². The maximum absolute atomic E-state index is 11.9. The van der Waals surface area contributed by atoms with E-state index in [1.54, 1.807) is 7.05 Å². The Kier molecular flexibility index (Phi) is 7.08. The van der Waals surface area contributed by atoms with Crippen LogP contribution in [0.1, 0.15) is 26.7 Å². The van der Waals surface area contributed by atoms with Crippen molar-refractivity contribution in [2.45, 2.75) is 26.7 Å². The monoisotopic (exact) mass is 238 g/mol. The summed E-state index contributed by atoms with van der Waals surface area (Å²) in [7, 11) is -1.81. The highest BCUT2D eigenvalue weighted by Gasteiger charge is 2.24. The Bertz CT molecular complexity index is 248. The Labute approximate surface area is 92.9 Å². The third-order valence-corrected chi connectivity index (χ3v) is 4.07. The van der Waals surface area contributed by atoms with Crippen molar-refractivity contribution >= 4 is 10.2 Å². The fraction of sp³-hybridized carbons (Fsp3) is 1.00. The van der Waals surface area contributed by atoms with E-state index in [1.165, 1.54) is 8.61 Å². The summed E-state index contributed by atoms with van der Waals surface area (Å²) in [6.07, 6.45) is 1.54. The van der Waals surface area contributed by atoms with Gasteiger partial charge in [0.1, 0.15) is 0 Å². The highest BCUT2D eigenvalue weighted by atomic mass is 32.2. The van der Waals surface area contributed by atoms with Crippen molar-refractivity contribution in [1.29, 1.82) is 0 Å². The summed E-state index contributed by atoms with van der Waals surface area (Å²) in [4.78, 5) is 0. The molecule has 0 aliphatic carbocycles. The van der Waals surface area contributed by atoms with Gasteiger partial charge in [-0.05, 0) is 12.8 Å². The maximum atomic E-state index is 11.9. The zero-order chi connectivity index (χ0) is 11.9. The largest absolute Gasteiger partial charge is 0.395 e. The molecule has 1 N–H and O–H groups in total. The van der Waals surface area contributed by atoms with Crippen molar-refractivity contribution in [3.8, 4) is 0 Å². The normalized spacial score (nSPS) is 12.7. The minimum atomic E-state index is -3.38. The van der Waals surface area contributed by atoms with Gasteiger partial charge in [0, 0.05) is 26.7 Å². The van der Waals surface area contributed by atoms with E-state index < -0.39 is 10.2 Å². The third-order valence-electron chi connectivity index (χ3n) is 2.08. The minimum absolute atomic E-state index is 0.140. The van der Waals surface area contributed by atoms with Crippen LogP contribution in [-0.4, -0.2) is 55.4 Å². The van der Waals surface area contributed by atoms with Crippen LogP contribution in [0, 0.1) is 0 Å². The topological polar surface area (TPSA) is 60.9 Å². The first kappa shape index (κ1) is 14.8. The SMILES string of the molecule is CCCN(C)S(=O)(=O)N(CCC)CCO. The first-order valence-electron chi connectivity index (χ1n) is 5.32. The molecule has 0 atom stereocenters. The molecule has 0 aliphatic rings. The van der Waals surface area contributed by atoms with Gasteiger partial charge < -0.3 is 5.11 Å². The maximum Gasteiger partial charge on any atom is 0.281 e. The van der Waals surface area contributed by atoms with Crippen molar-refractivity contribution < 1.29 is 13.5 Å². The van der Waals surface area contributed by atoms with Gasteiger partial charge in [-0.25, -0.2) is 0 Å². The number of hydrogen-bond acceptors (Lipinski definition) is 3. The highest BCUT2D eigenvalue weighted by Crippen LogP contribution is 2.07. The van der Waals surface area contributed by atoms with Crippen LogP contribution in [0.2, 0.25) is 0 Å². The van der Waals surface area contributed by atoms with Crippen LogP contribution < -0.4 is 0 Å². The van der Waals surface area contributed by atoms with Crippen LogP contribution in [0.3, 0.4) is 0 Å². The number of aliphatic hydroxyl groups excluding tert-OH is 1. The Morgan fingerprint density at radius 2 is 1.60 bits per heavy atom. The summed E-state index contributed by atoms with van der Waals surface area (Å²) in [6, 6.07) is 0. The Morgan fingerprint density at radius 3 is 2.00 bits per heavy atom. The molecule has 0 spiro atoms. The predicted molar refractivity (Wildman–Crippen MR) is 60.8 cm³/mol. The van der Waals surface area contributed by atoms with Crippen molar-refractivity contribution in [2.75, 3.05) is 33.3 Å². The van der Waals surface area contributed by atoms with E-state index in [4.69, 9.17) is 5.11 Å². The quantitative estimate of drug-likeness (QED) is 0.660. The number of nitrogens with zero attached hydrogens (tertiary/aromatic N) is 2. The summed E-state index contributed by atoms with van der Waals surface area (Å²) in [5, 5.41) is 8.81. The zero-order valence-electron chi connectivity index (χ0n) is 9.81. The number of rotatable bonds is 8. The molecule has 0 amide bonds. The molecule has 5 nitrogen and oxygen atoms in total. The summed E-state index contributed by atoms with van der Waals surface area (Å²) >= 11 is 0. The van der Waals surface area contributed by atoms with Gasteiger partial charge in [-0.2, -0.15) is 17.0 Å². The minimum Gasteiger partial charge on any atom is -0.395 e. The Balaban J connectivity index is 4.61. The highest BCUT2D eigenvalue weighted by molar-refractivity contribution is 7.86. The van der Waals surface area contributed by atoms with E-state index in [0.29, 0.717) is 13.1 Å². The molecule has 0 bridgehead atoms. The first-order valence-corrected chi connectivity index (χ1v) is 6.72. The lowest BCUT2D eigenvalue weighted by molar-refractivity contribution is 0.246. The second kappa shape index (κ2) is 7.16. The number of hydrogen-bond donors (Lipinski definition) is 1. The van der Waals surface area contributed by atoms with E-state index in [1.807, 2.05) is 13.8 Å². The van der Waals surface area contributed by atoms with E-state index in [9.17, 15) is 8.42 Å². The molecule has 0 fully saturated rings. The summed E-state index contributed by atoms with van der Waals surface area (Å²) < 4.78 is 26.5. The lowest BCUT2D eigenvalue weighted by atomic mass is 10.5. The standard InChI is InChI=1S/C9H22N2O3S/c1-4-6-10(3)15(13,14)11(7-5-2)8-9-12/h12H,4-9H2,1-3H3. The lowest BCUT2D eigenvalue weighted by Crippen LogP contribution is -2.43. The summed E-state index contributed by atoms with van der Waals surface area (Å²) in [5.74, 6) is 0. The average Bonchev–Trinajstić information content (AvgIpc) is 2.18. The van der Waals surface area contributed by atoms with Gasteiger partial charge in [-0.15, -0.1) is 0 Å². The first-order chi connectivity index (χ1) is 7.00. The van der Waals surface area contributed by atoms with Crippen molar-refractivity contribution in [3.05, 3.63) is 0 Å². The molecular weight excluding hydrogens is 216 g/mol. The molecule has 0 radical (unpaired) electrons. The fourth-order valence-corrected chi connectivity index (χ4v) is 2.86. The van der Waals surface area contributed by atoms with Gasteiger partial charge in [0.15, 0.2) is 0 Å². The second-order valence-electron chi connectivity index (χ2n) is 3.45. The molecule has 0 aromatic heterocycles. The summed E-state index contributed by atoms with van der Waals surface area (Å²) in [5.41, 5.74) is 0. The van der Waals surface area contributed by atoms with Crippen molar-refractivity contribution in [3.63, 3.8) is 0 Å². The van der Waals surface area contributed by atoms with Gasteiger partial charge in [0.05, 0.1) is 6.61 Å². The Morgan fingerprint density at radius 1 is 1.07 bits per heavy atom. The average molecular weight is 238 g/mol. The van der Waals surface area contributed by atoms with Crippen LogP contribution in [0.4, 0.5) is 0 Å². The molecule has 0 aromatic carbocycles. The molecule has 0 heterocycles. The van der Waals surface area contributed by atoms with E-state index >= 15 is 0 Å². The second-order valence-corrected chi connectivity index (χ2v) is 5.49. The van der Waals surface area contributed by atoms with Crippen LogP contribution in [0.25, 0.3) is 0 Å². The molecule has 6 heteroatoms. The van der Waals surface area contributed by atoms with Gasteiger partial charge in [0.25, 0.3) is 10.2 Å². The molecule has 0 aromatic rings. The number of aliphatic hydroxyl groups is 1. The third kappa shape index (κ3) is 4.46. The smallest absolute Gasteiger partial charge is 0.281 e. The molecular formula is C9H22N2O3S. The van der Waals surface area contributed by atoms with Crippen molar-refractivity contribution in [1.82, 2.24) is 8.61 Å². The molecule has 0 rings (SSSR count). The van der Waals surface area contributed by atoms with Gasteiger partial charge in [0.2, 0.25) is 0 Å². The van der Waals surface area contributed by atoms with Gasteiger partial charge >= 0.3 is 0 Å². The predicted octanol–water partition coefficient (Wildman–Crippen LogP) is 0.277. The van der Waals surface area contributed by atoms with Gasteiger partial charge in [-0.3, -0.25) is 0 Å². The van der Waals surface area contributed by atoms with Gasteiger partial charge in [-0.1, -0.05) is 13.8 Å². The van der Waals surface area contributed by atoms with Crippen LogP contribution in [-0.2, 0) is 10.2 Å². The van der Waals surface area contributed by atoms with Crippen LogP contribution in [0.5, 0.6) is 0 Å². The summed E-state index contributed by atoms with van der Waals surface area (Å²) in [6.45, 7) is 4.84. The molecule has 0 saturated heterocycles. The fourth-order valence-electron chi connectivity index (χ4n) is 1.33. The van der Waals surface area contributed by atoms with E-state index in [-0.39, 0.29) is 13.2 Å². The van der Waals surface area contributed by atoms with Crippen LogP contribution >= 0.6 is 0 Å². The Hall–Kier alpha value is -0.170. The molecule has 0 saturated carbocycles. The molecule has 15 heavy (non-hydrogen) atoms. The van der Waals surface area contributed by atoms with E-state index in [2.05, 4.69) is 0 Å². The van der Waals surface area contributed by atoms with Crippen molar-refractivity contribution in [2.24, 2.45) is 0 Å². The molecule has 92 valence electrons.